The van der Waals surface area contributed by atoms with Gasteiger partial charge in [0.05, 0.1) is 10.9 Å². The van der Waals surface area contributed by atoms with Gasteiger partial charge in [0.25, 0.3) is 0 Å². The maximum absolute atomic E-state index is 12.7. The molecule has 0 N–H and O–H groups in total. The molecule has 0 saturated heterocycles. The van der Waals surface area contributed by atoms with E-state index < -0.39 is 16.1 Å². The fourth-order valence-corrected chi connectivity index (χ4v) is 3.23. The van der Waals surface area contributed by atoms with E-state index in [0.717, 1.165) is 11.1 Å². The van der Waals surface area contributed by atoms with E-state index in [0.29, 0.717) is 0 Å². The molecule has 4 heteroatoms. The van der Waals surface area contributed by atoms with Crippen LogP contribution in [-0.2, 0) is 10.0 Å². The molecule has 1 rings (SSSR count). The second kappa shape index (κ2) is 7.28. The van der Waals surface area contributed by atoms with Crippen LogP contribution in [0.1, 0.15) is 26.3 Å². The average molecular weight is 303 g/mol. The highest BCUT2D eigenvalue weighted by Gasteiger charge is 2.27. The highest BCUT2D eigenvalue weighted by molar-refractivity contribution is 7.89. The Kier molecular flexibility index (Phi) is 5.99. The smallest absolute Gasteiger partial charge is 0.207 e. The summed E-state index contributed by atoms with van der Waals surface area (Å²) in [6.07, 6.45) is 7.10. The molecule has 112 valence electrons. The summed E-state index contributed by atoms with van der Waals surface area (Å²) in [6, 6.07) is 6.23. The molecule has 0 fully saturated rings. The number of aryl methyl sites for hydroxylation is 1. The van der Waals surface area contributed by atoms with Gasteiger partial charge >= 0.3 is 0 Å². The lowest BCUT2D eigenvalue weighted by atomic mass is 10.2. The van der Waals surface area contributed by atoms with E-state index in [1.165, 1.54) is 4.31 Å². The van der Waals surface area contributed by atoms with Crippen LogP contribution < -0.4 is 0 Å². The van der Waals surface area contributed by atoms with Gasteiger partial charge in [-0.25, -0.2) is 8.42 Å². The molecule has 1 aromatic carbocycles. The van der Waals surface area contributed by atoms with E-state index in [1.807, 2.05) is 20.8 Å². The van der Waals surface area contributed by atoms with Gasteiger partial charge in [-0.1, -0.05) is 23.6 Å². The van der Waals surface area contributed by atoms with E-state index in [-0.39, 0.29) is 11.4 Å². The summed E-state index contributed by atoms with van der Waals surface area (Å²) < 4.78 is 26.7. The molecule has 3 nitrogen and oxygen atoms in total. The number of sulfonamides is 1. The first-order valence-electron chi connectivity index (χ1n) is 6.72. The predicted molar refractivity (Wildman–Crippen MR) is 86.3 cm³/mol. The van der Waals surface area contributed by atoms with E-state index in [1.54, 1.807) is 37.3 Å². The van der Waals surface area contributed by atoms with Crippen molar-refractivity contribution in [1.82, 2.24) is 4.31 Å². The molecule has 0 aliphatic rings. The maximum Gasteiger partial charge on any atom is 0.244 e. The molecule has 21 heavy (non-hydrogen) atoms. The van der Waals surface area contributed by atoms with Crippen molar-refractivity contribution >= 4 is 10.0 Å². The molecule has 0 aliphatic carbocycles. The number of nitrogens with zero attached hydrogens (tertiary/aromatic N) is 1. The molecule has 0 spiro atoms. The molecule has 1 aromatic rings. The molecule has 0 saturated carbocycles. The summed E-state index contributed by atoms with van der Waals surface area (Å²) in [4.78, 5) is 0.251. The largest absolute Gasteiger partial charge is 0.244 e. The summed E-state index contributed by atoms with van der Waals surface area (Å²) in [5.41, 5.74) is 5.00. The van der Waals surface area contributed by atoms with E-state index in [9.17, 15) is 8.42 Å². The van der Waals surface area contributed by atoms with Gasteiger partial charge in [0, 0.05) is 6.54 Å². The Labute approximate surface area is 128 Å². The number of rotatable bonds is 5. The van der Waals surface area contributed by atoms with Crippen molar-refractivity contribution < 1.29 is 8.42 Å². The Morgan fingerprint density at radius 3 is 2.38 bits per heavy atom. The van der Waals surface area contributed by atoms with Gasteiger partial charge in [-0.05, 0) is 51.5 Å². The summed E-state index contributed by atoms with van der Waals surface area (Å²) in [6.45, 7) is 7.62. The lowest BCUT2D eigenvalue weighted by Gasteiger charge is -2.23. The van der Waals surface area contributed by atoms with Gasteiger partial charge in [-0.3, -0.25) is 0 Å². The molecule has 1 unspecified atom stereocenters. The van der Waals surface area contributed by atoms with Crippen LogP contribution in [0.5, 0.6) is 0 Å². The van der Waals surface area contributed by atoms with Crippen molar-refractivity contribution in [3.05, 3.63) is 47.2 Å². The van der Waals surface area contributed by atoms with Crippen LogP contribution in [0.2, 0.25) is 0 Å². The zero-order valence-electron chi connectivity index (χ0n) is 12.9. The molecule has 1 atom stereocenters. The second-order valence-electron chi connectivity index (χ2n) is 5.08. The topological polar surface area (TPSA) is 37.4 Å². The van der Waals surface area contributed by atoms with Crippen LogP contribution in [0, 0.1) is 19.3 Å². The normalized spacial score (nSPS) is 12.4. The minimum absolute atomic E-state index is 0.201. The van der Waals surface area contributed by atoms with Crippen molar-refractivity contribution in [3.63, 3.8) is 0 Å². The van der Waals surface area contributed by atoms with Gasteiger partial charge < -0.3 is 0 Å². The molecule has 0 heterocycles. The average Bonchev–Trinajstić information content (AvgIpc) is 2.42. The fraction of sp³-hybridized carbons (Fsp3) is 0.353. The van der Waals surface area contributed by atoms with Crippen molar-refractivity contribution in [2.24, 2.45) is 0 Å². The molecule has 0 amide bonds. The summed E-state index contributed by atoms with van der Waals surface area (Å²) in [5.74, 6) is 2.48. The summed E-state index contributed by atoms with van der Waals surface area (Å²) in [5, 5.41) is 0. The first-order valence-corrected chi connectivity index (χ1v) is 8.16. The van der Waals surface area contributed by atoms with Gasteiger partial charge in [-0.15, -0.1) is 12.2 Å². The summed E-state index contributed by atoms with van der Waals surface area (Å²) >= 11 is 0. The third kappa shape index (κ3) is 4.61. The first-order chi connectivity index (χ1) is 9.78. The first kappa shape index (κ1) is 17.3. The van der Waals surface area contributed by atoms with Gasteiger partial charge in [-0.2, -0.15) is 4.31 Å². The molecule has 0 radical (unpaired) electrons. The number of terminal acetylenes is 1. The maximum atomic E-state index is 12.7. The number of benzene rings is 1. The lowest BCUT2D eigenvalue weighted by Crippen LogP contribution is -2.37. The highest BCUT2D eigenvalue weighted by atomic mass is 32.2. The number of hydrogen-bond acceptors (Lipinski definition) is 2. The molecule has 0 aromatic heterocycles. The Morgan fingerprint density at radius 2 is 1.90 bits per heavy atom. The monoisotopic (exact) mass is 303 g/mol. The van der Waals surface area contributed by atoms with Gasteiger partial charge in [0.15, 0.2) is 0 Å². The van der Waals surface area contributed by atoms with E-state index >= 15 is 0 Å². The van der Waals surface area contributed by atoms with Gasteiger partial charge in [0.2, 0.25) is 10.0 Å². The lowest BCUT2D eigenvalue weighted by molar-refractivity contribution is 0.416. The van der Waals surface area contributed by atoms with Crippen molar-refractivity contribution in [2.45, 2.75) is 38.6 Å². The quantitative estimate of drug-likeness (QED) is 0.619. The van der Waals surface area contributed by atoms with Crippen LogP contribution in [0.4, 0.5) is 0 Å². The Morgan fingerprint density at radius 1 is 1.33 bits per heavy atom. The molecule has 0 bridgehead atoms. The van der Waals surface area contributed by atoms with Crippen molar-refractivity contribution in [2.75, 3.05) is 6.54 Å². The third-order valence-electron chi connectivity index (χ3n) is 2.96. The predicted octanol–water partition coefficient (Wildman–Crippen LogP) is 3.13. The zero-order valence-corrected chi connectivity index (χ0v) is 13.7. The van der Waals surface area contributed by atoms with Crippen molar-refractivity contribution in [3.8, 4) is 12.3 Å². The molecule has 0 aliphatic heterocycles. The van der Waals surface area contributed by atoms with Crippen LogP contribution >= 0.6 is 0 Å². The minimum atomic E-state index is -3.62. The van der Waals surface area contributed by atoms with Crippen LogP contribution in [-0.4, -0.2) is 25.3 Å². The Bertz CT molecular complexity index is 683. The second-order valence-corrected chi connectivity index (χ2v) is 6.97. The summed E-state index contributed by atoms with van der Waals surface area (Å²) in [7, 11) is -3.62. The van der Waals surface area contributed by atoms with Crippen molar-refractivity contribution in [1.29, 1.82) is 0 Å². The SMILES string of the molecule is C#CC(C)N(CC=C=C(C)C)S(=O)(=O)c1ccc(C)cc1. The van der Waals surface area contributed by atoms with Crippen LogP contribution in [0.25, 0.3) is 0 Å². The standard InChI is InChI=1S/C17H21NO2S/c1-6-16(5)18(13-7-8-14(2)3)21(19,20)17-11-9-15(4)10-12-17/h1,7,9-12,16H,13H2,2-5H3. The van der Waals surface area contributed by atoms with Gasteiger partial charge in [0.1, 0.15) is 0 Å². The Hall–Kier alpha value is -1.79. The molecular formula is C17H21NO2S. The zero-order chi connectivity index (χ0) is 16.0. The van der Waals surface area contributed by atoms with Crippen LogP contribution in [0.15, 0.2) is 46.5 Å². The van der Waals surface area contributed by atoms with Crippen LogP contribution in [0.3, 0.4) is 0 Å². The Balaban J connectivity index is 3.21. The fourth-order valence-electron chi connectivity index (χ4n) is 1.73. The van der Waals surface area contributed by atoms with E-state index in [2.05, 4.69) is 11.7 Å². The third-order valence-corrected chi connectivity index (χ3v) is 4.91. The minimum Gasteiger partial charge on any atom is -0.207 e. The molecular weight excluding hydrogens is 282 g/mol. The highest BCUT2D eigenvalue weighted by Crippen LogP contribution is 2.18. The van der Waals surface area contributed by atoms with E-state index in [4.69, 9.17) is 6.42 Å². The number of hydrogen-bond donors (Lipinski definition) is 0.